The summed E-state index contributed by atoms with van der Waals surface area (Å²) in [5.41, 5.74) is 5.46. The van der Waals surface area contributed by atoms with Crippen molar-refractivity contribution in [1.29, 1.82) is 0 Å². The Labute approximate surface area is 124 Å². The minimum absolute atomic E-state index is 0.0785. The highest BCUT2D eigenvalue weighted by molar-refractivity contribution is 7.89. The molecule has 0 amide bonds. The van der Waals surface area contributed by atoms with E-state index in [0.29, 0.717) is 5.92 Å². The van der Waals surface area contributed by atoms with Gasteiger partial charge in [0.05, 0.1) is 0 Å². The number of hydrogen-bond donors (Lipinski definition) is 2. The topological polar surface area (TPSA) is 72.2 Å². The standard InChI is InChI=1S/C13H20ClFN2O2S/c1-8(2)9(3)7-17-20(18,19)12-5-11(14)4-10(6-16)13(12)15/h4-5,8-9,17H,6-7,16H2,1-3H3. The molecule has 4 nitrogen and oxygen atoms in total. The van der Waals surface area contributed by atoms with Crippen LogP contribution in [0.15, 0.2) is 17.0 Å². The third-order valence-corrected chi connectivity index (χ3v) is 4.96. The Morgan fingerprint density at radius 1 is 1.35 bits per heavy atom. The quantitative estimate of drug-likeness (QED) is 0.845. The lowest BCUT2D eigenvalue weighted by Crippen LogP contribution is -2.31. The molecule has 1 aromatic rings. The van der Waals surface area contributed by atoms with Gasteiger partial charge in [0.25, 0.3) is 0 Å². The van der Waals surface area contributed by atoms with Crippen molar-refractivity contribution < 1.29 is 12.8 Å². The van der Waals surface area contributed by atoms with Gasteiger partial charge in [-0.3, -0.25) is 0 Å². The van der Waals surface area contributed by atoms with E-state index in [1.54, 1.807) is 0 Å². The summed E-state index contributed by atoms with van der Waals surface area (Å²) in [6.45, 7) is 6.03. The van der Waals surface area contributed by atoms with Crippen LogP contribution in [0.5, 0.6) is 0 Å². The summed E-state index contributed by atoms with van der Waals surface area (Å²) in [5, 5.41) is 0.143. The van der Waals surface area contributed by atoms with Crippen molar-refractivity contribution in [2.75, 3.05) is 6.54 Å². The molecule has 0 aliphatic carbocycles. The lowest BCUT2D eigenvalue weighted by molar-refractivity contribution is 0.414. The van der Waals surface area contributed by atoms with Crippen molar-refractivity contribution in [2.45, 2.75) is 32.2 Å². The van der Waals surface area contributed by atoms with E-state index < -0.39 is 20.7 Å². The van der Waals surface area contributed by atoms with Gasteiger partial charge < -0.3 is 5.73 Å². The third kappa shape index (κ3) is 4.15. The first-order valence-electron chi connectivity index (χ1n) is 6.36. The average molecular weight is 323 g/mol. The van der Waals surface area contributed by atoms with Gasteiger partial charge >= 0.3 is 0 Å². The van der Waals surface area contributed by atoms with Gasteiger partial charge in [0.1, 0.15) is 10.7 Å². The van der Waals surface area contributed by atoms with Crippen LogP contribution in [0, 0.1) is 17.7 Å². The fourth-order valence-corrected chi connectivity index (χ4v) is 3.11. The molecule has 0 bridgehead atoms. The van der Waals surface area contributed by atoms with Crippen LogP contribution in [0.2, 0.25) is 5.02 Å². The molecule has 7 heteroatoms. The summed E-state index contributed by atoms with van der Waals surface area (Å²) < 4.78 is 40.8. The molecule has 0 fully saturated rings. The minimum atomic E-state index is -3.94. The molecule has 1 unspecified atom stereocenters. The number of halogens is 2. The van der Waals surface area contributed by atoms with Crippen molar-refractivity contribution in [1.82, 2.24) is 4.72 Å². The van der Waals surface area contributed by atoms with Gasteiger partial charge in [0, 0.05) is 23.7 Å². The van der Waals surface area contributed by atoms with E-state index in [1.165, 1.54) is 6.07 Å². The van der Waals surface area contributed by atoms with Crippen LogP contribution in [0.3, 0.4) is 0 Å². The van der Waals surface area contributed by atoms with E-state index >= 15 is 0 Å². The first kappa shape index (κ1) is 17.4. The molecule has 0 spiro atoms. The maximum absolute atomic E-state index is 14.1. The molecular formula is C13H20ClFN2O2S. The van der Waals surface area contributed by atoms with E-state index in [-0.39, 0.29) is 29.6 Å². The van der Waals surface area contributed by atoms with Gasteiger partial charge in [-0.15, -0.1) is 0 Å². The van der Waals surface area contributed by atoms with Gasteiger partial charge in [0.2, 0.25) is 10.0 Å². The number of nitrogens with one attached hydrogen (secondary N) is 1. The summed E-state index contributed by atoms with van der Waals surface area (Å²) in [6, 6.07) is 2.42. The molecular weight excluding hydrogens is 303 g/mol. The molecule has 1 rings (SSSR count). The lowest BCUT2D eigenvalue weighted by atomic mass is 9.99. The highest BCUT2D eigenvalue weighted by Crippen LogP contribution is 2.23. The fraction of sp³-hybridized carbons (Fsp3) is 0.538. The number of benzene rings is 1. The molecule has 0 radical (unpaired) electrons. The molecule has 0 saturated carbocycles. The van der Waals surface area contributed by atoms with E-state index in [0.717, 1.165) is 6.07 Å². The molecule has 114 valence electrons. The number of nitrogens with two attached hydrogens (primary N) is 1. The Bertz CT molecular complexity index is 576. The number of sulfonamides is 1. The molecule has 0 heterocycles. The summed E-state index contributed by atoms with van der Waals surface area (Å²) >= 11 is 5.81. The molecule has 20 heavy (non-hydrogen) atoms. The summed E-state index contributed by atoms with van der Waals surface area (Å²) in [6.07, 6.45) is 0. The second-order valence-electron chi connectivity index (χ2n) is 5.15. The van der Waals surface area contributed by atoms with Gasteiger partial charge in [-0.05, 0) is 24.0 Å². The first-order chi connectivity index (χ1) is 9.19. The van der Waals surface area contributed by atoms with Gasteiger partial charge in [-0.1, -0.05) is 32.4 Å². The van der Waals surface area contributed by atoms with Crippen molar-refractivity contribution in [2.24, 2.45) is 17.6 Å². The normalized spacial score (nSPS) is 13.8. The van der Waals surface area contributed by atoms with Crippen LogP contribution in [0.25, 0.3) is 0 Å². The maximum atomic E-state index is 14.1. The monoisotopic (exact) mass is 322 g/mol. The zero-order valence-electron chi connectivity index (χ0n) is 11.8. The zero-order chi connectivity index (χ0) is 15.5. The average Bonchev–Trinajstić information content (AvgIpc) is 2.37. The van der Waals surface area contributed by atoms with Crippen LogP contribution in [0.1, 0.15) is 26.3 Å². The Hall–Kier alpha value is -0.690. The predicted octanol–water partition coefficient (Wildman–Crippen LogP) is 2.51. The Balaban J connectivity index is 3.07. The highest BCUT2D eigenvalue weighted by atomic mass is 35.5. The number of hydrogen-bond acceptors (Lipinski definition) is 3. The molecule has 1 atom stereocenters. The smallest absolute Gasteiger partial charge is 0.243 e. The van der Waals surface area contributed by atoms with E-state index in [2.05, 4.69) is 4.72 Å². The fourth-order valence-electron chi connectivity index (χ4n) is 1.52. The van der Waals surface area contributed by atoms with Crippen molar-refractivity contribution in [3.63, 3.8) is 0 Å². The van der Waals surface area contributed by atoms with Gasteiger partial charge in [0.15, 0.2) is 0 Å². The second-order valence-corrected chi connectivity index (χ2v) is 7.33. The van der Waals surface area contributed by atoms with E-state index in [9.17, 15) is 12.8 Å². The van der Waals surface area contributed by atoms with Crippen molar-refractivity contribution in [3.8, 4) is 0 Å². The molecule has 0 aromatic heterocycles. The maximum Gasteiger partial charge on any atom is 0.243 e. The lowest BCUT2D eigenvalue weighted by Gasteiger charge is -2.17. The van der Waals surface area contributed by atoms with E-state index in [1.807, 2.05) is 20.8 Å². The van der Waals surface area contributed by atoms with Gasteiger partial charge in [-0.2, -0.15) is 0 Å². The van der Waals surface area contributed by atoms with Crippen molar-refractivity contribution >= 4 is 21.6 Å². The van der Waals surface area contributed by atoms with Gasteiger partial charge in [-0.25, -0.2) is 17.5 Å². The van der Waals surface area contributed by atoms with Crippen molar-refractivity contribution in [3.05, 3.63) is 28.5 Å². The number of rotatable bonds is 6. The molecule has 0 aliphatic rings. The Morgan fingerprint density at radius 3 is 2.45 bits per heavy atom. The molecule has 0 saturated heterocycles. The molecule has 1 aromatic carbocycles. The summed E-state index contributed by atoms with van der Waals surface area (Å²) in [7, 11) is -3.94. The zero-order valence-corrected chi connectivity index (χ0v) is 13.4. The summed E-state index contributed by atoms with van der Waals surface area (Å²) in [5.74, 6) is -0.385. The van der Waals surface area contributed by atoms with Crippen LogP contribution < -0.4 is 10.5 Å². The first-order valence-corrected chi connectivity index (χ1v) is 8.22. The van der Waals surface area contributed by atoms with Crippen LogP contribution in [0.4, 0.5) is 4.39 Å². The highest BCUT2D eigenvalue weighted by Gasteiger charge is 2.23. The summed E-state index contributed by atoms with van der Waals surface area (Å²) in [4.78, 5) is -0.457. The largest absolute Gasteiger partial charge is 0.326 e. The second kappa shape index (κ2) is 6.85. The predicted molar refractivity (Wildman–Crippen MR) is 78.5 cm³/mol. The van der Waals surface area contributed by atoms with Crippen LogP contribution >= 0.6 is 11.6 Å². The molecule has 0 aliphatic heterocycles. The van der Waals surface area contributed by atoms with E-state index in [4.69, 9.17) is 17.3 Å². The van der Waals surface area contributed by atoms with Crippen LogP contribution in [-0.2, 0) is 16.6 Å². The SMILES string of the molecule is CC(C)C(C)CNS(=O)(=O)c1cc(Cl)cc(CN)c1F. The third-order valence-electron chi connectivity index (χ3n) is 3.32. The van der Waals surface area contributed by atoms with Crippen LogP contribution in [-0.4, -0.2) is 15.0 Å². The Kier molecular flexibility index (Phi) is 5.94. The minimum Gasteiger partial charge on any atom is -0.326 e. The Morgan fingerprint density at radius 2 is 1.95 bits per heavy atom. The molecule has 3 N–H and O–H groups in total.